The Morgan fingerprint density at radius 1 is 0.963 bits per heavy atom. The molecule has 27 heavy (non-hydrogen) atoms. The first-order valence-corrected chi connectivity index (χ1v) is 10.4. The van der Waals surface area contributed by atoms with E-state index in [4.69, 9.17) is 0 Å². The van der Waals surface area contributed by atoms with E-state index in [-0.39, 0.29) is 0 Å². The molecule has 136 valence electrons. The van der Waals surface area contributed by atoms with Gasteiger partial charge in [0.05, 0.1) is 11.3 Å². The average molecular weight is 375 g/mol. The molecule has 0 saturated carbocycles. The van der Waals surface area contributed by atoms with E-state index in [1.165, 1.54) is 34.7 Å². The molecule has 0 spiro atoms. The SMILES string of the molecule is C1=CC2Nc3ccccc3SC2C=C1.c1cnc2c3c([nH]c2n1)CCCC3. The first-order valence-electron chi connectivity index (χ1n) is 9.56. The quantitative estimate of drug-likeness (QED) is 0.587. The second kappa shape index (κ2) is 7.24. The molecular weight excluding hydrogens is 352 g/mol. The maximum absolute atomic E-state index is 4.36. The number of H-pyrrole nitrogens is 1. The molecule has 1 aliphatic heterocycles. The van der Waals surface area contributed by atoms with E-state index in [0.29, 0.717) is 11.3 Å². The second-order valence-corrected chi connectivity index (χ2v) is 8.28. The summed E-state index contributed by atoms with van der Waals surface area (Å²) in [4.78, 5) is 13.3. The standard InChI is InChI=1S/C12H11NS.C10H11N3/c1-3-7-11-9(5-1)13-10-6-2-4-8-12(10)14-11;1-2-4-8-7(3-1)9-10(13-8)12-6-5-11-9/h1-9,11,13H;5-6H,1-4H2,(H,12,13). The van der Waals surface area contributed by atoms with Crippen molar-refractivity contribution in [1.82, 2.24) is 15.0 Å². The van der Waals surface area contributed by atoms with Crippen LogP contribution in [0.1, 0.15) is 24.1 Å². The molecule has 0 bridgehead atoms. The third kappa shape index (κ3) is 3.28. The van der Waals surface area contributed by atoms with Crippen molar-refractivity contribution < 1.29 is 0 Å². The number of anilines is 1. The second-order valence-electron chi connectivity index (χ2n) is 7.06. The minimum absolute atomic E-state index is 0.458. The molecule has 0 radical (unpaired) electrons. The van der Waals surface area contributed by atoms with Crippen LogP contribution in [0.3, 0.4) is 0 Å². The molecule has 5 heteroatoms. The maximum Gasteiger partial charge on any atom is 0.156 e. The van der Waals surface area contributed by atoms with Gasteiger partial charge in [-0.05, 0) is 37.8 Å². The van der Waals surface area contributed by atoms with Crippen LogP contribution in [0.4, 0.5) is 5.69 Å². The number of benzene rings is 1. The summed E-state index contributed by atoms with van der Waals surface area (Å²) in [5.74, 6) is 0. The van der Waals surface area contributed by atoms with Gasteiger partial charge >= 0.3 is 0 Å². The highest BCUT2D eigenvalue weighted by Gasteiger charge is 2.25. The molecule has 2 aromatic heterocycles. The number of hydrogen-bond acceptors (Lipinski definition) is 4. The Morgan fingerprint density at radius 2 is 1.81 bits per heavy atom. The summed E-state index contributed by atoms with van der Waals surface area (Å²) < 4.78 is 0. The Hall–Kier alpha value is -2.53. The van der Waals surface area contributed by atoms with Crippen LogP contribution in [0, 0.1) is 0 Å². The van der Waals surface area contributed by atoms with Crippen molar-refractivity contribution in [3.8, 4) is 0 Å². The molecule has 1 aromatic carbocycles. The van der Waals surface area contributed by atoms with Gasteiger partial charge in [0, 0.05) is 34.2 Å². The van der Waals surface area contributed by atoms with Crippen molar-refractivity contribution in [1.29, 1.82) is 0 Å². The zero-order valence-electron chi connectivity index (χ0n) is 15.1. The Labute approximate surface area is 163 Å². The predicted octanol–water partition coefficient (Wildman–Crippen LogP) is 4.90. The highest BCUT2D eigenvalue weighted by Crippen LogP contribution is 2.39. The lowest BCUT2D eigenvalue weighted by molar-refractivity contribution is 0.679. The summed E-state index contributed by atoms with van der Waals surface area (Å²) in [5, 5.41) is 4.09. The van der Waals surface area contributed by atoms with Gasteiger partial charge in [0.15, 0.2) is 5.65 Å². The molecule has 4 nitrogen and oxygen atoms in total. The highest BCUT2D eigenvalue weighted by molar-refractivity contribution is 8.00. The van der Waals surface area contributed by atoms with Crippen molar-refractivity contribution in [2.24, 2.45) is 0 Å². The normalized spacial score (nSPS) is 22.1. The summed E-state index contributed by atoms with van der Waals surface area (Å²) in [5.41, 5.74) is 6.05. The van der Waals surface area contributed by atoms with E-state index in [1.54, 1.807) is 12.4 Å². The molecule has 2 unspecified atom stereocenters. The first-order chi connectivity index (χ1) is 13.4. The van der Waals surface area contributed by atoms with Gasteiger partial charge in [-0.15, -0.1) is 11.8 Å². The Morgan fingerprint density at radius 3 is 2.81 bits per heavy atom. The third-order valence-corrected chi connectivity index (χ3v) is 6.61. The van der Waals surface area contributed by atoms with Crippen molar-refractivity contribution in [3.05, 3.63) is 72.2 Å². The lowest BCUT2D eigenvalue weighted by Crippen LogP contribution is -2.32. The minimum atomic E-state index is 0.458. The van der Waals surface area contributed by atoms with Crippen LogP contribution >= 0.6 is 11.8 Å². The van der Waals surface area contributed by atoms with E-state index in [1.807, 2.05) is 11.8 Å². The van der Waals surface area contributed by atoms with Gasteiger partial charge in [-0.1, -0.05) is 36.4 Å². The Bertz CT molecular complexity index is 981. The number of para-hydroxylation sites is 1. The number of allylic oxidation sites excluding steroid dienone is 2. The minimum Gasteiger partial charge on any atom is -0.376 e. The first kappa shape index (κ1) is 16.6. The zero-order valence-corrected chi connectivity index (χ0v) is 15.9. The van der Waals surface area contributed by atoms with E-state index >= 15 is 0 Å². The largest absolute Gasteiger partial charge is 0.376 e. The van der Waals surface area contributed by atoms with Gasteiger partial charge in [0.1, 0.15) is 5.52 Å². The number of aromatic nitrogens is 3. The van der Waals surface area contributed by atoms with Gasteiger partial charge < -0.3 is 10.3 Å². The zero-order chi connectivity index (χ0) is 18.1. The fraction of sp³-hybridized carbons (Fsp3) is 0.273. The van der Waals surface area contributed by atoms with E-state index in [2.05, 4.69) is 68.8 Å². The van der Waals surface area contributed by atoms with Crippen molar-refractivity contribution >= 4 is 28.6 Å². The number of fused-ring (bicyclic) bond motifs is 5. The number of rotatable bonds is 0. The van der Waals surface area contributed by atoms with Crippen LogP contribution < -0.4 is 5.32 Å². The third-order valence-electron chi connectivity index (χ3n) is 5.28. The Kier molecular flexibility index (Phi) is 4.46. The fourth-order valence-corrected chi connectivity index (χ4v) is 5.12. The van der Waals surface area contributed by atoms with E-state index in [0.717, 1.165) is 24.0 Å². The number of nitrogens with zero attached hydrogens (tertiary/aromatic N) is 2. The molecule has 3 heterocycles. The molecule has 3 aromatic rings. The van der Waals surface area contributed by atoms with Gasteiger partial charge in [-0.25, -0.2) is 4.98 Å². The molecule has 0 amide bonds. The van der Waals surface area contributed by atoms with Gasteiger partial charge in [0.2, 0.25) is 0 Å². The predicted molar refractivity (Wildman–Crippen MR) is 112 cm³/mol. The van der Waals surface area contributed by atoms with Crippen molar-refractivity contribution in [3.63, 3.8) is 0 Å². The average Bonchev–Trinajstić information content (AvgIpc) is 3.11. The number of aryl methyl sites for hydroxylation is 2. The molecule has 0 saturated heterocycles. The molecule has 2 atom stereocenters. The van der Waals surface area contributed by atoms with Crippen LogP contribution in [0.25, 0.3) is 11.2 Å². The van der Waals surface area contributed by atoms with E-state index in [9.17, 15) is 0 Å². The summed E-state index contributed by atoms with van der Waals surface area (Å²) in [6.07, 6.45) is 17.1. The lowest BCUT2D eigenvalue weighted by Gasteiger charge is -2.31. The van der Waals surface area contributed by atoms with Crippen LogP contribution in [0.5, 0.6) is 0 Å². The molecular formula is C22H22N4S. The van der Waals surface area contributed by atoms with Crippen LogP contribution in [-0.4, -0.2) is 26.2 Å². The summed E-state index contributed by atoms with van der Waals surface area (Å²) in [7, 11) is 0. The van der Waals surface area contributed by atoms with Crippen LogP contribution in [-0.2, 0) is 12.8 Å². The van der Waals surface area contributed by atoms with E-state index < -0.39 is 0 Å². The number of hydrogen-bond donors (Lipinski definition) is 2. The highest BCUT2D eigenvalue weighted by atomic mass is 32.2. The lowest BCUT2D eigenvalue weighted by atomic mass is 9.98. The van der Waals surface area contributed by atoms with Gasteiger partial charge in [-0.3, -0.25) is 4.98 Å². The monoisotopic (exact) mass is 374 g/mol. The summed E-state index contributed by atoms with van der Waals surface area (Å²) in [6.45, 7) is 0. The molecule has 2 aliphatic carbocycles. The molecule has 0 fully saturated rings. The number of nitrogens with one attached hydrogen (secondary N) is 2. The molecule has 6 rings (SSSR count). The number of aromatic amines is 1. The maximum atomic E-state index is 4.36. The van der Waals surface area contributed by atoms with Crippen LogP contribution in [0.15, 0.2) is 65.9 Å². The number of thioether (sulfide) groups is 1. The topological polar surface area (TPSA) is 53.6 Å². The van der Waals surface area contributed by atoms with Crippen molar-refractivity contribution in [2.75, 3.05) is 5.32 Å². The van der Waals surface area contributed by atoms with Gasteiger partial charge in [-0.2, -0.15) is 0 Å². The molecule has 3 aliphatic rings. The fourth-order valence-electron chi connectivity index (χ4n) is 3.94. The summed E-state index contributed by atoms with van der Waals surface area (Å²) >= 11 is 1.94. The molecule has 2 N–H and O–H groups in total. The summed E-state index contributed by atoms with van der Waals surface area (Å²) in [6, 6.07) is 8.95. The smallest absolute Gasteiger partial charge is 0.156 e. The van der Waals surface area contributed by atoms with Crippen molar-refractivity contribution in [2.45, 2.75) is 41.9 Å². The van der Waals surface area contributed by atoms with Gasteiger partial charge in [0.25, 0.3) is 0 Å². The van der Waals surface area contributed by atoms with Crippen LogP contribution in [0.2, 0.25) is 0 Å². The Balaban J connectivity index is 0.000000119.